The SMILES string of the molecule is COc1cc(OCC(=O)N2CCC[C@H](C(=O)O)C2)ccc1[N+](=O)[O-]. The van der Waals surface area contributed by atoms with Crippen molar-refractivity contribution in [2.45, 2.75) is 12.8 Å². The standard InChI is InChI=1S/C15H18N2O7/c1-23-13-7-11(4-5-12(13)17(21)22)24-9-14(18)16-6-2-3-10(8-16)15(19)20/h4-5,7,10H,2-3,6,8-9H2,1H3,(H,19,20)/t10-/m0/s1. The number of carboxylic acid groups (broad SMARTS) is 1. The third-order valence-corrected chi connectivity index (χ3v) is 3.83. The molecule has 9 nitrogen and oxygen atoms in total. The molecule has 0 bridgehead atoms. The van der Waals surface area contributed by atoms with E-state index in [-0.39, 0.29) is 36.2 Å². The number of hydrogen-bond acceptors (Lipinski definition) is 6. The number of nitro groups is 1. The highest BCUT2D eigenvalue weighted by Crippen LogP contribution is 2.30. The second kappa shape index (κ2) is 7.62. The van der Waals surface area contributed by atoms with Crippen LogP contribution < -0.4 is 9.47 Å². The molecule has 0 radical (unpaired) electrons. The molecule has 1 aliphatic heterocycles. The van der Waals surface area contributed by atoms with Gasteiger partial charge in [-0.05, 0) is 18.9 Å². The maximum absolute atomic E-state index is 12.1. The number of ether oxygens (including phenoxy) is 2. The van der Waals surface area contributed by atoms with Crippen molar-refractivity contribution in [2.24, 2.45) is 5.92 Å². The normalized spacial score (nSPS) is 17.2. The number of carboxylic acids is 1. The lowest BCUT2D eigenvalue weighted by Crippen LogP contribution is -2.44. The average molecular weight is 338 g/mol. The van der Waals surface area contributed by atoms with Crippen LogP contribution in [0.5, 0.6) is 11.5 Å². The van der Waals surface area contributed by atoms with E-state index in [2.05, 4.69) is 0 Å². The molecular weight excluding hydrogens is 320 g/mol. The molecule has 2 rings (SSSR count). The Labute approximate surface area is 137 Å². The molecule has 1 atom stereocenters. The molecule has 1 amide bonds. The van der Waals surface area contributed by atoms with Crippen molar-refractivity contribution >= 4 is 17.6 Å². The fourth-order valence-electron chi connectivity index (χ4n) is 2.54. The number of methoxy groups -OCH3 is 1. The third-order valence-electron chi connectivity index (χ3n) is 3.83. The van der Waals surface area contributed by atoms with Gasteiger partial charge < -0.3 is 19.5 Å². The van der Waals surface area contributed by atoms with Crippen molar-refractivity contribution in [3.8, 4) is 11.5 Å². The van der Waals surface area contributed by atoms with Gasteiger partial charge in [-0.15, -0.1) is 0 Å². The maximum Gasteiger partial charge on any atom is 0.311 e. The lowest BCUT2D eigenvalue weighted by atomic mass is 9.98. The molecule has 0 saturated carbocycles. The van der Waals surface area contributed by atoms with Crippen LogP contribution in [-0.2, 0) is 9.59 Å². The number of carbonyl (C=O) groups excluding carboxylic acids is 1. The topological polar surface area (TPSA) is 119 Å². The highest BCUT2D eigenvalue weighted by atomic mass is 16.6. The first-order valence-electron chi connectivity index (χ1n) is 7.38. The van der Waals surface area contributed by atoms with E-state index in [0.717, 1.165) is 0 Å². The number of carbonyl (C=O) groups is 2. The maximum atomic E-state index is 12.1. The van der Waals surface area contributed by atoms with Crippen LogP contribution >= 0.6 is 0 Å². The first kappa shape index (κ1) is 17.5. The molecule has 1 N–H and O–H groups in total. The summed E-state index contributed by atoms with van der Waals surface area (Å²) < 4.78 is 10.3. The van der Waals surface area contributed by atoms with E-state index < -0.39 is 16.8 Å². The molecule has 0 aliphatic carbocycles. The molecule has 130 valence electrons. The number of piperidine rings is 1. The van der Waals surface area contributed by atoms with E-state index in [4.69, 9.17) is 14.6 Å². The molecule has 1 saturated heterocycles. The zero-order valence-corrected chi connectivity index (χ0v) is 13.1. The molecule has 1 fully saturated rings. The summed E-state index contributed by atoms with van der Waals surface area (Å²) >= 11 is 0. The number of likely N-dealkylation sites (tertiary alicyclic amines) is 1. The van der Waals surface area contributed by atoms with Gasteiger partial charge in [0.2, 0.25) is 5.75 Å². The van der Waals surface area contributed by atoms with Crippen LogP contribution in [0, 0.1) is 16.0 Å². The lowest BCUT2D eigenvalue weighted by Gasteiger charge is -2.30. The Morgan fingerprint density at radius 2 is 2.21 bits per heavy atom. The van der Waals surface area contributed by atoms with Gasteiger partial charge in [-0.1, -0.05) is 0 Å². The largest absolute Gasteiger partial charge is 0.490 e. The summed E-state index contributed by atoms with van der Waals surface area (Å²) in [5.41, 5.74) is -0.198. The minimum atomic E-state index is -0.909. The molecule has 0 spiro atoms. The highest BCUT2D eigenvalue weighted by Gasteiger charge is 2.28. The summed E-state index contributed by atoms with van der Waals surface area (Å²) in [5, 5.41) is 19.9. The Kier molecular flexibility index (Phi) is 5.56. The van der Waals surface area contributed by atoms with Crippen molar-refractivity contribution in [1.29, 1.82) is 0 Å². The van der Waals surface area contributed by atoms with Crippen LogP contribution in [-0.4, -0.2) is 53.6 Å². The number of nitro benzene ring substituents is 1. The number of benzene rings is 1. The zero-order chi connectivity index (χ0) is 17.7. The van der Waals surface area contributed by atoms with Crippen molar-refractivity contribution in [1.82, 2.24) is 4.90 Å². The lowest BCUT2D eigenvalue weighted by molar-refractivity contribution is -0.385. The molecule has 1 heterocycles. The van der Waals surface area contributed by atoms with Gasteiger partial charge in [-0.3, -0.25) is 19.7 Å². The summed E-state index contributed by atoms with van der Waals surface area (Å²) in [6.45, 7) is 0.393. The monoisotopic (exact) mass is 338 g/mol. The van der Waals surface area contributed by atoms with Gasteiger partial charge in [-0.25, -0.2) is 0 Å². The van der Waals surface area contributed by atoms with Crippen molar-refractivity contribution in [3.63, 3.8) is 0 Å². The number of amides is 1. The Bertz CT molecular complexity index is 647. The van der Waals surface area contributed by atoms with E-state index in [0.29, 0.717) is 19.4 Å². The van der Waals surface area contributed by atoms with Crippen molar-refractivity contribution in [2.75, 3.05) is 26.8 Å². The zero-order valence-electron chi connectivity index (χ0n) is 13.1. The average Bonchev–Trinajstić information content (AvgIpc) is 2.59. The number of rotatable bonds is 6. The van der Waals surface area contributed by atoms with Gasteiger partial charge >= 0.3 is 11.7 Å². The van der Waals surface area contributed by atoms with Crippen LogP contribution in [0.2, 0.25) is 0 Å². The third kappa shape index (κ3) is 4.12. The van der Waals surface area contributed by atoms with Gasteiger partial charge in [0, 0.05) is 25.2 Å². The van der Waals surface area contributed by atoms with E-state index in [1.54, 1.807) is 0 Å². The van der Waals surface area contributed by atoms with Crippen LogP contribution in [0.15, 0.2) is 18.2 Å². The van der Waals surface area contributed by atoms with Gasteiger partial charge in [0.05, 0.1) is 18.0 Å². The van der Waals surface area contributed by atoms with Crippen molar-refractivity contribution in [3.05, 3.63) is 28.3 Å². The second-order valence-corrected chi connectivity index (χ2v) is 5.40. The Morgan fingerprint density at radius 3 is 2.83 bits per heavy atom. The predicted molar refractivity (Wildman–Crippen MR) is 82.1 cm³/mol. The fraction of sp³-hybridized carbons (Fsp3) is 0.467. The van der Waals surface area contributed by atoms with Gasteiger partial charge in [0.15, 0.2) is 6.61 Å². The van der Waals surface area contributed by atoms with E-state index in [9.17, 15) is 19.7 Å². The van der Waals surface area contributed by atoms with Crippen LogP contribution in [0.3, 0.4) is 0 Å². The molecule has 9 heteroatoms. The number of hydrogen-bond donors (Lipinski definition) is 1. The van der Waals surface area contributed by atoms with Gasteiger partial charge in [-0.2, -0.15) is 0 Å². The van der Waals surface area contributed by atoms with Crippen molar-refractivity contribution < 1.29 is 29.1 Å². The molecule has 1 aliphatic rings. The summed E-state index contributed by atoms with van der Waals surface area (Å²) in [7, 11) is 1.30. The summed E-state index contributed by atoms with van der Waals surface area (Å²) in [6.07, 6.45) is 1.19. The molecule has 0 unspecified atom stereocenters. The van der Waals surface area contributed by atoms with E-state index in [1.165, 1.54) is 30.2 Å². The van der Waals surface area contributed by atoms with Gasteiger partial charge in [0.25, 0.3) is 5.91 Å². The minimum Gasteiger partial charge on any atom is -0.490 e. The smallest absolute Gasteiger partial charge is 0.311 e. The van der Waals surface area contributed by atoms with Crippen LogP contribution in [0.1, 0.15) is 12.8 Å². The van der Waals surface area contributed by atoms with E-state index >= 15 is 0 Å². The molecule has 1 aromatic carbocycles. The molecule has 1 aromatic rings. The summed E-state index contributed by atoms with van der Waals surface area (Å²) in [5.74, 6) is -1.49. The minimum absolute atomic E-state index is 0.0360. The Morgan fingerprint density at radius 1 is 1.46 bits per heavy atom. The van der Waals surface area contributed by atoms with Gasteiger partial charge in [0.1, 0.15) is 5.75 Å². The van der Waals surface area contributed by atoms with Crippen LogP contribution in [0.4, 0.5) is 5.69 Å². The first-order chi connectivity index (χ1) is 11.4. The summed E-state index contributed by atoms with van der Waals surface area (Å²) in [4.78, 5) is 34.9. The Hall–Kier alpha value is -2.84. The molecular formula is C15H18N2O7. The highest BCUT2D eigenvalue weighted by molar-refractivity contribution is 5.79. The van der Waals surface area contributed by atoms with Crippen LogP contribution in [0.25, 0.3) is 0 Å². The fourth-order valence-corrected chi connectivity index (χ4v) is 2.54. The number of nitrogens with zero attached hydrogens (tertiary/aromatic N) is 2. The second-order valence-electron chi connectivity index (χ2n) is 5.40. The first-order valence-corrected chi connectivity index (χ1v) is 7.38. The molecule has 24 heavy (non-hydrogen) atoms. The predicted octanol–water partition coefficient (Wildman–Crippen LogP) is 1.31. The summed E-state index contributed by atoms with van der Waals surface area (Å²) in [6, 6.07) is 3.95. The quantitative estimate of drug-likeness (QED) is 0.613. The Balaban J connectivity index is 1.96. The molecule has 0 aromatic heterocycles. The number of aliphatic carboxylic acids is 1. The van der Waals surface area contributed by atoms with E-state index in [1.807, 2.05) is 0 Å².